The van der Waals surface area contributed by atoms with Crippen molar-refractivity contribution < 1.29 is 31.9 Å². The number of nitrogens with zero attached hydrogens (tertiary/aromatic N) is 4. The monoisotopic (exact) mass is 522 g/mol. The summed E-state index contributed by atoms with van der Waals surface area (Å²) in [7, 11) is 1.34. The van der Waals surface area contributed by atoms with Crippen molar-refractivity contribution in [2.75, 3.05) is 12.4 Å². The molecule has 37 heavy (non-hydrogen) atoms. The van der Waals surface area contributed by atoms with Crippen molar-refractivity contribution in [1.82, 2.24) is 20.3 Å². The van der Waals surface area contributed by atoms with Gasteiger partial charge in [-0.1, -0.05) is 0 Å². The average Bonchev–Trinajstić information content (AvgIpc) is 3.61. The van der Waals surface area contributed by atoms with Crippen molar-refractivity contribution in [3.05, 3.63) is 59.4 Å². The van der Waals surface area contributed by atoms with E-state index < -0.39 is 47.6 Å². The molecule has 0 aliphatic heterocycles. The minimum atomic E-state index is -2.80. The van der Waals surface area contributed by atoms with Gasteiger partial charge in [-0.2, -0.15) is 9.65 Å². The van der Waals surface area contributed by atoms with Gasteiger partial charge in [-0.3, -0.25) is 20.1 Å². The maximum Gasteiger partial charge on any atom is 0.413 e. The third-order valence-electron chi connectivity index (χ3n) is 5.60. The summed E-state index contributed by atoms with van der Waals surface area (Å²) in [4.78, 5) is 32.0. The van der Waals surface area contributed by atoms with Crippen LogP contribution in [-0.4, -0.2) is 40.5 Å². The Labute approximate surface area is 208 Å². The van der Waals surface area contributed by atoms with Crippen molar-refractivity contribution in [3.8, 4) is 6.07 Å². The molecule has 2 heterocycles. The van der Waals surface area contributed by atoms with Crippen LogP contribution in [-0.2, 0) is 9.53 Å². The quantitative estimate of drug-likeness (QED) is 0.176. The van der Waals surface area contributed by atoms with E-state index in [2.05, 4.69) is 20.6 Å². The van der Waals surface area contributed by atoms with Crippen LogP contribution < -0.4 is 22.2 Å². The number of ether oxygens (including phenoxy) is 1. The maximum atomic E-state index is 13.8. The zero-order valence-corrected chi connectivity index (χ0v) is 19.5. The molecule has 1 aliphatic carbocycles. The second-order valence-electron chi connectivity index (χ2n) is 8.19. The van der Waals surface area contributed by atoms with E-state index in [0.717, 1.165) is 11.1 Å². The third kappa shape index (κ3) is 5.86. The van der Waals surface area contributed by atoms with E-state index in [4.69, 9.17) is 16.3 Å². The molecule has 0 bridgehead atoms. The lowest BCUT2D eigenvalue weighted by molar-refractivity contribution is -0.120. The van der Waals surface area contributed by atoms with Crippen LogP contribution >= 0.6 is 0 Å². The standard InChI is InChI=1S/C22H22F4N8O3/c1-10(13-5-11(23)7-31-18(13)26)37-21(36)33-19(34(2)29)16(28)15-4-3-12(8-30-15)32-20(35)22(9-27)6-14(22)17(24)25/h3-5,7-8,10,14,17H,6,28-29H2,1-2H3,(H,32,35)(H,33,36)/b19-16-/t10-,14+,22+/m1/s1. The van der Waals surface area contributed by atoms with Gasteiger partial charge < -0.3 is 15.8 Å². The van der Waals surface area contributed by atoms with E-state index in [9.17, 15) is 32.4 Å². The summed E-state index contributed by atoms with van der Waals surface area (Å²) in [5.41, 5.74) is 4.04. The molecule has 3 atom stereocenters. The highest BCUT2D eigenvalue weighted by Gasteiger charge is 2.65. The van der Waals surface area contributed by atoms with Crippen LogP contribution in [0.1, 0.15) is 30.7 Å². The molecule has 15 heteroatoms. The number of hydrogen-bond acceptors (Lipinski definition) is 9. The van der Waals surface area contributed by atoms with E-state index in [0.29, 0.717) is 6.20 Å². The number of alkyl halides is 2. The van der Waals surface area contributed by atoms with Gasteiger partial charge in [0.2, 0.25) is 18.3 Å². The van der Waals surface area contributed by atoms with Crippen molar-refractivity contribution in [3.63, 3.8) is 0 Å². The summed E-state index contributed by atoms with van der Waals surface area (Å²) >= 11 is 0. The van der Waals surface area contributed by atoms with Crippen LogP contribution in [0.4, 0.5) is 28.0 Å². The predicted octanol–water partition coefficient (Wildman–Crippen LogP) is 2.37. The van der Waals surface area contributed by atoms with Gasteiger partial charge in [0.25, 0.3) is 0 Å². The number of anilines is 1. The largest absolute Gasteiger partial charge is 0.441 e. The normalized spacial score (nSPS) is 19.8. The maximum absolute atomic E-state index is 13.8. The van der Waals surface area contributed by atoms with E-state index in [1.165, 1.54) is 32.3 Å². The van der Waals surface area contributed by atoms with Gasteiger partial charge in [0.05, 0.1) is 35.4 Å². The number of alkyl carbamates (subject to hydrolysis) is 1. The molecule has 196 valence electrons. The molecule has 2 aromatic heterocycles. The molecule has 6 N–H and O–H groups in total. The first-order valence-corrected chi connectivity index (χ1v) is 10.6. The summed E-state index contributed by atoms with van der Waals surface area (Å²) in [6.07, 6.45) is -3.53. The smallest absolute Gasteiger partial charge is 0.413 e. The topological polar surface area (TPSA) is 172 Å². The number of amides is 2. The predicted molar refractivity (Wildman–Crippen MR) is 120 cm³/mol. The third-order valence-corrected chi connectivity index (χ3v) is 5.60. The molecule has 1 saturated carbocycles. The van der Waals surface area contributed by atoms with Gasteiger partial charge in [0.1, 0.15) is 23.0 Å². The lowest BCUT2D eigenvalue weighted by Gasteiger charge is -2.21. The molecule has 2 amide bonds. The van der Waals surface area contributed by atoms with Crippen molar-refractivity contribution in [2.24, 2.45) is 22.9 Å². The Morgan fingerprint density at radius 2 is 2.00 bits per heavy atom. The van der Waals surface area contributed by atoms with Crippen LogP contribution in [0.5, 0.6) is 0 Å². The molecule has 2 aromatic rings. The summed E-state index contributed by atoms with van der Waals surface area (Å²) in [6.45, 7) is 1.30. The molecule has 1 fully saturated rings. The summed E-state index contributed by atoms with van der Waals surface area (Å²) in [5.74, 6) is 1.53. The summed E-state index contributed by atoms with van der Waals surface area (Å²) < 4.78 is 58.1. The van der Waals surface area contributed by atoms with Crippen LogP contribution in [0.25, 0.3) is 5.70 Å². The zero-order chi connectivity index (χ0) is 27.5. The fraction of sp³-hybridized carbons (Fsp3) is 0.318. The fourth-order valence-electron chi connectivity index (χ4n) is 3.44. The molecule has 0 saturated heterocycles. The Kier molecular flexibility index (Phi) is 7.82. The van der Waals surface area contributed by atoms with Gasteiger partial charge in [-0.15, -0.1) is 0 Å². The number of nitrogens with two attached hydrogens (primary N) is 2. The molecule has 1 aliphatic rings. The Morgan fingerprint density at radius 3 is 2.54 bits per heavy atom. The van der Waals surface area contributed by atoms with Crippen LogP contribution in [0.2, 0.25) is 0 Å². The number of aromatic nitrogens is 2. The highest BCUT2D eigenvalue weighted by molar-refractivity contribution is 5.99. The lowest BCUT2D eigenvalue weighted by Crippen LogP contribution is -2.39. The molecule has 0 unspecified atom stereocenters. The number of nitriles is 1. The Hall–Kier alpha value is -4.45. The van der Waals surface area contributed by atoms with Crippen LogP contribution in [0, 0.1) is 34.4 Å². The highest BCUT2D eigenvalue weighted by Crippen LogP contribution is 2.55. The number of carbonyl (C=O) groups excluding carboxylic acids is 2. The van der Waals surface area contributed by atoms with Gasteiger partial charge >= 0.3 is 6.09 Å². The summed E-state index contributed by atoms with van der Waals surface area (Å²) in [6, 6.07) is 5.18. The lowest BCUT2D eigenvalue weighted by atomic mass is 10.1. The van der Waals surface area contributed by atoms with E-state index in [1.54, 1.807) is 6.07 Å². The average molecular weight is 522 g/mol. The van der Waals surface area contributed by atoms with Crippen molar-refractivity contribution in [1.29, 1.82) is 5.26 Å². The molecular weight excluding hydrogens is 500 g/mol. The SMILES string of the molecule is C[C@@H](OC(=O)N/C(=C(/N)c1ccc(NC(=O)[C@]2(C#N)C[C@H]2C(F)F)cn1)N(C)N)c1cc(F)cnc1F. The molecular formula is C22H22F4N8O3. The second kappa shape index (κ2) is 10.7. The van der Waals surface area contributed by atoms with E-state index in [1.807, 2.05) is 0 Å². The van der Waals surface area contributed by atoms with Crippen LogP contribution in [0.15, 0.2) is 36.4 Å². The Morgan fingerprint density at radius 1 is 1.30 bits per heavy atom. The second-order valence-corrected chi connectivity index (χ2v) is 8.19. The first-order valence-electron chi connectivity index (χ1n) is 10.6. The number of hydrogen-bond donors (Lipinski definition) is 4. The number of halogens is 4. The first-order chi connectivity index (χ1) is 17.4. The van der Waals surface area contributed by atoms with Crippen molar-refractivity contribution in [2.45, 2.75) is 25.9 Å². The fourth-order valence-corrected chi connectivity index (χ4v) is 3.44. The molecule has 3 rings (SSSR count). The molecule has 11 nitrogen and oxygen atoms in total. The highest BCUT2D eigenvalue weighted by atomic mass is 19.3. The minimum absolute atomic E-state index is 0.0888. The number of pyridine rings is 2. The van der Waals surface area contributed by atoms with Gasteiger partial charge in [0.15, 0.2) is 5.82 Å². The number of hydrazine groups is 1. The molecule has 0 spiro atoms. The Balaban J connectivity index is 1.71. The number of carbonyl (C=O) groups is 2. The van der Waals surface area contributed by atoms with E-state index in [-0.39, 0.29) is 34.9 Å². The minimum Gasteiger partial charge on any atom is -0.441 e. The first kappa shape index (κ1) is 27.1. The van der Waals surface area contributed by atoms with Gasteiger partial charge in [-0.05, 0) is 31.5 Å². The summed E-state index contributed by atoms with van der Waals surface area (Å²) in [5, 5.41) is 14.8. The number of rotatable bonds is 8. The van der Waals surface area contributed by atoms with Crippen LogP contribution in [0.3, 0.4) is 0 Å². The van der Waals surface area contributed by atoms with Crippen molar-refractivity contribution >= 4 is 23.4 Å². The Bertz CT molecular complexity index is 1270. The molecule has 0 aromatic carbocycles. The molecule has 0 radical (unpaired) electrons. The van der Waals surface area contributed by atoms with Gasteiger partial charge in [-0.25, -0.2) is 28.8 Å². The van der Waals surface area contributed by atoms with Gasteiger partial charge in [0, 0.05) is 13.0 Å². The zero-order valence-electron chi connectivity index (χ0n) is 19.5. The number of nitrogens with one attached hydrogen (secondary N) is 2. The van der Waals surface area contributed by atoms with E-state index >= 15 is 0 Å².